The maximum Gasteiger partial charge on any atom is 0.244 e. The molecule has 2 aromatic carbocycles. The molecule has 36 heavy (non-hydrogen) atoms. The van der Waals surface area contributed by atoms with Gasteiger partial charge in [0.25, 0.3) is 0 Å². The minimum Gasteiger partial charge on any atom is -0.495 e. The first-order valence-corrected chi connectivity index (χ1v) is 13.9. The van der Waals surface area contributed by atoms with Gasteiger partial charge in [0, 0.05) is 17.1 Å². The number of nitrogens with zero attached hydrogens (tertiary/aromatic N) is 2. The molecule has 0 bridgehead atoms. The predicted molar refractivity (Wildman–Crippen MR) is 144 cm³/mol. The lowest BCUT2D eigenvalue weighted by Gasteiger charge is -2.34. The van der Waals surface area contributed by atoms with Gasteiger partial charge in [-0.3, -0.25) is 13.9 Å². The number of carbonyl (C=O) groups is 2. The lowest BCUT2D eigenvalue weighted by molar-refractivity contribution is -0.141. The molecule has 1 unspecified atom stereocenters. The van der Waals surface area contributed by atoms with Crippen LogP contribution < -0.4 is 14.4 Å². The number of ether oxygens (including phenoxy) is 1. The Morgan fingerprint density at radius 2 is 1.69 bits per heavy atom. The van der Waals surface area contributed by atoms with Crippen LogP contribution in [0.3, 0.4) is 0 Å². The lowest BCUT2D eigenvalue weighted by atomic mass is 10.1. The smallest absolute Gasteiger partial charge is 0.244 e. The Morgan fingerprint density at radius 3 is 2.17 bits per heavy atom. The Hall–Kier alpha value is -2.49. The molecular formula is C25H33Cl2N3O5S. The zero-order valence-corrected chi connectivity index (χ0v) is 23.7. The summed E-state index contributed by atoms with van der Waals surface area (Å²) in [7, 11) is -2.43. The largest absolute Gasteiger partial charge is 0.495 e. The normalized spacial score (nSPS) is 12.6. The molecule has 8 nitrogen and oxygen atoms in total. The fourth-order valence-corrected chi connectivity index (χ4v) is 4.80. The number of hydrogen-bond donors (Lipinski definition) is 1. The van der Waals surface area contributed by atoms with Gasteiger partial charge in [0.05, 0.1) is 24.1 Å². The summed E-state index contributed by atoms with van der Waals surface area (Å²) in [6, 6.07) is 10.5. The summed E-state index contributed by atoms with van der Waals surface area (Å²) in [6.45, 7) is 6.92. The topological polar surface area (TPSA) is 96.0 Å². The van der Waals surface area contributed by atoms with E-state index in [1.165, 1.54) is 30.2 Å². The summed E-state index contributed by atoms with van der Waals surface area (Å²) >= 11 is 12.2. The fourth-order valence-electron chi connectivity index (χ4n) is 3.58. The molecule has 0 saturated heterocycles. The molecule has 0 aromatic heterocycles. The van der Waals surface area contributed by atoms with E-state index in [1.807, 2.05) is 20.8 Å². The first kappa shape index (κ1) is 29.7. The van der Waals surface area contributed by atoms with Crippen molar-refractivity contribution in [2.75, 3.05) is 24.2 Å². The molecule has 0 saturated carbocycles. The highest BCUT2D eigenvalue weighted by atomic mass is 35.5. The first-order chi connectivity index (χ1) is 16.7. The van der Waals surface area contributed by atoms with Crippen LogP contribution in [0.2, 0.25) is 10.0 Å². The van der Waals surface area contributed by atoms with E-state index in [-0.39, 0.29) is 23.2 Å². The van der Waals surface area contributed by atoms with Crippen molar-refractivity contribution in [1.82, 2.24) is 10.2 Å². The van der Waals surface area contributed by atoms with Crippen molar-refractivity contribution in [1.29, 1.82) is 0 Å². The van der Waals surface area contributed by atoms with E-state index in [4.69, 9.17) is 27.9 Å². The number of benzene rings is 2. The van der Waals surface area contributed by atoms with Gasteiger partial charge in [-0.1, -0.05) is 42.3 Å². The molecule has 0 radical (unpaired) electrons. The van der Waals surface area contributed by atoms with Gasteiger partial charge in [0.15, 0.2) is 0 Å². The number of rotatable bonds is 10. The average molecular weight is 559 g/mol. The Kier molecular flexibility index (Phi) is 10.0. The van der Waals surface area contributed by atoms with E-state index >= 15 is 0 Å². The number of carbonyl (C=O) groups excluding carboxylic acids is 2. The molecule has 2 rings (SSSR count). The molecule has 2 aromatic rings. The van der Waals surface area contributed by atoms with E-state index in [0.29, 0.717) is 17.2 Å². The summed E-state index contributed by atoms with van der Waals surface area (Å²) < 4.78 is 31.5. The summed E-state index contributed by atoms with van der Waals surface area (Å²) in [5.41, 5.74) is 0.432. The van der Waals surface area contributed by atoms with Crippen LogP contribution in [-0.4, -0.2) is 56.6 Å². The Morgan fingerprint density at radius 1 is 1.08 bits per heavy atom. The van der Waals surface area contributed by atoms with Gasteiger partial charge >= 0.3 is 0 Å². The number of sulfonamides is 1. The summed E-state index contributed by atoms with van der Waals surface area (Å²) in [4.78, 5) is 28.2. The van der Waals surface area contributed by atoms with Crippen molar-refractivity contribution < 1.29 is 22.7 Å². The molecule has 1 atom stereocenters. The second-order valence-corrected chi connectivity index (χ2v) is 12.2. The fraction of sp³-hybridized carbons (Fsp3) is 0.440. The van der Waals surface area contributed by atoms with Gasteiger partial charge in [-0.2, -0.15) is 0 Å². The molecule has 0 aliphatic carbocycles. The highest BCUT2D eigenvalue weighted by molar-refractivity contribution is 7.92. The van der Waals surface area contributed by atoms with Gasteiger partial charge in [0.2, 0.25) is 21.8 Å². The highest BCUT2D eigenvalue weighted by Gasteiger charge is 2.33. The lowest BCUT2D eigenvalue weighted by Crippen LogP contribution is -2.55. The van der Waals surface area contributed by atoms with Gasteiger partial charge in [-0.25, -0.2) is 8.42 Å². The molecule has 11 heteroatoms. The average Bonchev–Trinajstić information content (AvgIpc) is 2.76. The molecule has 1 N–H and O–H groups in total. The van der Waals surface area contributed by atoms with Crippen LogP contribution in [0.5, 0.6) is 5.75 Å². The maximum absolute atomic E-state index is 13.7. The molecule has 0 spiro atoms. The van der Waals surface area contributed by atoms with E-state index < -0.39 is 34.1 Å². The molecule has 2 amide bonds. The van der Waals surface area contributed by atoms with Gasteiger partial charge in [-0.15, -0.1) is 0 Å². The van der Waals surface area contributed by atoms with Crippen LogP contribution in [0.25, 0.3) is 0 Å². The molecule has 0 aliphatic rings. The second kappa shape index (κ2) is 12.2. The minimum atomic E-state index is -3.87. The van der Waals surface area contributed by atoms with Crippen LogP contribution in [0, 0.1) is 0 Å². The zero-order chi connectivity index (χ0) is 27.3. The number of methoxy groups -OCH3 is 1. The van der Waals surface area contributed by atoms with Crippen LogP contribution in [0.15, 0.2) is 42.5 Å². The first-order valence-electron chi connectivity index (χ1n) is 11.3. The van der Waals surface area contributed by atoms with Crippen LogP contribution in [0.1, 0.15) is 39.7 Å². The zero-order valence-electron chi connectivity index (χ0n) is 21.3. The summed E-state index contributed by atoms with van der Waals surface area (Å²) in [6.07, 6.45) is 1.33. The maximum atomic E-state index is 13.7. The Labute approximate surface area is 223 Å². The molecular weight excluding hydrogens is 525 g/mol. The number of nitrogens with one attached hydrogen (secondary N) is 1. The van der Waals surface area contributed by atoms with E-state index in [0.717, 1.165) is 16.1 Å². The standard InChI is InChI=1S/C25H33Cl2N3O5S/c1-7-21(24(32)28-25(2,3)4)29(15-17-8-10-18(26)11-9-17)23(31)16-30(36(6,33)34)19-12-13-22(35-5)20(27)14-19/h8-14,21H,7,15-16H2,1-6H3,(H,28,32). The third kappa shape index (κ3) is 8.28. The van der Waals surface area contributed by atoms with E-state index in [9.17, 15) is 18.0 Å². The third-order valence-corrected chi connectivity index (χ3v) is 6.94. The molecule has 198 valence electrons. The van der Waals surface area contributed by atoms with Gasteiger partial charge in [0.1, 0.15) is 18.3 Å². The minimum absolute atomic E-state index is 0.0903. The molecule has 0 heterocycles. The van der Waals surface area contributed by atoms with Crippen molar-refractivity contribution in [3.8, 4) is 5.75 Å². The van der Waals surface area contributed by atoms with Crippen LogP contribution >= 0.6 is 23.2 Å². The van der Waals surface area contributed by atoms with Crippen molar-refractivity contribution in [2.24, 2.45) is 0 Å². The third-order valence-electron chi connectivity index (χ3n) is 5.25. The van der Waals surface area contributed by atoms with Crippen LogP contribution in [-0.2, 0) is 26.2 Å². The van der Waals surface area contributed by atoms with Crippen molar-refractivity contribution in [3.05, 3.63) is 58.1 Å². The second-order valence-electron chi connectivity index (χ2n) is 9.40. The van der Waals surface area contributed by atoms with Gasteiger partial charge in [-0.05, 0) is 63.1 Å². The summed E-state index contributed by atoms with van der Waals surface area (Å²) in [5, 5.41) is 3.65. The van der Waals surface area contributed by atoms with Crippen molar-refractivity contribution in [3.63, 3.8) is 0 Å². The number of hydrogen-bond acceptors (Lipinski definition) is 5. The number of anilines is 1. The molecule has 0 aliphatic heterocycles. The van der Waals surface area contributed by atoms with Crippen molar-refractivity contribution in [2.45, 2.75) is 52.2 Å². The SMILES string of the molecule is CCC(C(=O)NC(C)(C)C)N(Cc1ccc(Cl)cc1)C(=O)CN(c1ccc(OC)c(Cl)c1)S(C)(=O)=O. The highest BCUT2D eigenvalue weighted by Crippen LogP contribution is 2.30. The predicted octanol–water partition coefficient (Wildman–Crippen LogP) is 4.49. The van der Waals surface area contributed by atoms with Gasteiger partial charge < -0.3 is 15.0 Å². The van der Waals surface area contributed by atoms with Crippen molar-refractivity contribution >= 4 is 50.7 Å². The Balaban J connectivity index is 2.47. The van der Waals surface area contributed by atoms with E-state index in [2.05, 4.69) is 5.32 Å². The Bertz CT molecular complexity index is 1180. The molecule has 0 fully saturated rings. The summed E-state index contributed by atoms with van der Waals surface area (Å²) in [5.74, 6) is -0.501. The number of halogens is 2. The quantitative estimate of drug-likeness (QED) is 0.464. The monoisotopic (exact) mass is 557 g/mol. The number of amides is 2. The van der Waals surface area contributed by atoms with E-state index in [1.54, 1.807) is 31.2 Å². The van der Waals surface area contributed by atoms with Crippen LogP contribution in [0.4, 0.5) is 5.69 Å².